The number of amides is 1. The minimum absolute atomic E-state index is 0.106. The van der Waals surface area contributed by atoms with E-state index in [0.717, 1.165) is 13.1 Å². The number of aliphatic hydroxyl groups is 1. The van der Waals surface area contributed by atoms with Crippen molar-refractivity contribution in [1.29, 1.82) is 0 Å². The Balaban J connectivity index is 1.63. The van der Waals surface area contributed by atoms with E-state index in [2.05, 4.69) is 10.4 Å². The average Bonchev–Trinajstić information content (AvgIpc) is 2.49. The highest BCUT2D eigenvalue weighted by Gasteiger charge is 2.15. The van der Waals surface area contributed by atoms with Crippen LogP contribution in [0.25, 0.3) is 0 Å². The molecule has 5 heteroatoms. The molecule has 1 aromatic carbocycles. The molecule has 0 radical (unpaired) electrons. The third kappa shape index (κ3) is 4.92. The number of piperidine rings is 1. The van der Waals surface area contributed by atoms with Crippen molar-refractivity contribution in [3.63, 3.8) is 0 Å². The summed E-state index contributed by atoms with van der Waals surface area (Å²) in [6, 6.07) is 8.85. The van der Waals surface area contributed by atoms with Gasteiger partial charge in [0.05, 0.1) is 6.10 Å². The van der Waals surface area contributed by atoms with Gasteiger partial charge in [-0.15, -0.1) is 0 Å². The Morgan fingerprint density at radius 1 is 1.25 bits per heavy atom. The Hall–Kier alpha value is -1.43. The van der Waals surface area contributed by atoms with Crippen LogP contribution in [-0.2, 0) is 4.84 Å². The second kappa shape index (κ2) is 7.99. The Labute approximate surface area is 119 Å². The Bertz CT molecular complexity index is 405. The van der Waals surface area contributed by atoms with Crippen LogP contribution >= 0.6 is 0 Å². The van der Waals surface area contributed by atoms with Crippen molar-refractivity contribution in [3.05, 3.63) is 35.9 Å². The van der Waals surface area contributed by atoms with Crippen LogP contribution in [0.4, 0.5) is 0 Å². The molecule has 0 aromatic heterocycles. The lowest BCUT2D eigenvalue weighted by Crippen LogP contribution is -2.39. The standard InChI is InChI=1S/C15H22N2O3/c18-14(11-17-9-5-2-6-10-17)12-20-16-15(19)13-7-3-1-4-8-13/h1,3-4,7-8,14,18H,2,5-6,9-12H2,(H,16,19). The summed E-state index contributed by atoms with van der Waals surface area (Å²) < 4.78 is 0. The molecule has 1 fully saturated rings. The number of nitrogens with one attached hydrogen (secondary N) is 1. The molecule has 20 heavy (non-hydrogen) atoms. The molecule has 2 rings (SSSR count). The second-order valence-electron chi connectivity index (χ2n) is 5.12. The third-order valence-electron chi connectivity index (χ3n) is 3.39. The molecule has 1 aliphatic heterocycles. The molecule has 1 atom stereocenters. The molecule has 1 saturated heterocycles. The van der Waals surface area contributed by atoms with Gasteiger partial charge < -0.3 is 10.0 Å². The summed E-state index contributed by atoms with van der Waals surface area (Å²) in [5.74, 6) is -0.296. The molecule has 110 valence electrons. The van der Waals surface area contributed by atoms with Crippen LogP contribution in [0.3, 0.4) is 0 Å². The summed E-state index contributed by atoms with van der Waals surface area (Å²) in [5.41, 5.74) is 2.89. The summed E-state index contributed by atoms with van der Waals surface area (Å²) in [7, 11) is 0. The number of nitrogens with zero attached hydrogens (tertiary/aromatic N) is 1. The SMILES string of the molecule is O=C(NOCC(O)CN1CCCCC1)c1ccccc1. The van der Waals surface area contributed by atoms with Gasteiger partial charge >= 0.3 is 0 Å². The molecular formula is C15H22N2O3. The van der Waals surface area contributed by atoms with Crippen LogP contribution in [0, 0.1) is 0 Å². The van der Waals surface area contributed by atoms with E-state index in [0.29, 0.717) is 12.1 Å². The summed E-state index contributed by atoms with van der Waals surface area (Å²) in [4.78, 5) is 19.0. The van der Waals surface area contributed by atoms with E-state index in [1.165, 1.54) is 19.3 Å². The average molecular weight is 278 g/mol. The first kappa shape index (κ1) is 15.0. The van der Waals surface area contributed by atoms with Gasteiger partial charge in [-0.1, -0.05) is 24.6 Å². The normalized spacial score (nSPS) is 17.6. The first-order chi connectivity index (χ1) is 9.75. The maximum absolute atomic E-state index is 11.7. The van der Waals surface area contributed by atoms with Crippen LogP contribution in [0.5, 0.6) is 0 Å². The molecule has 1 unspecified atom stereocenters. The highest BCUT2D eigenvalue weighted by molar-refractivity contribution is 5.93. The van der Waals surface area contributed by atoms with Crippen molar-refractivity contribution >= 4 is 5.91 Å². The van der Waals surface area contributed by atoms with Gasteiger partial charge in [0.2, 0.25) is 0 Å². The van der Waals surface area contributed by atoms with E-state index in [4.69, 9.17) is 4.84 Å². The van der Waals surface area contributed by atoms with Crippen LogP contribution in [0.1, 0.15) is 29.6 Å². The van der Waals surface area contributed by atoms with E-state index < -0.39 is 6.10 Å². The molecule has 0 aliphatic carbocycles. The second-order valence-corrected chi connectivity index (χ2v) is 5.12. The number of hydrogen-bond donors (Lipinski definition) is 2. The molecule has 1 aromatic rings. The summed E-state index contributed by atoms with van der Waals surface area (Å²) in [6.45, 7) is 2.77. The molecule has 0 bridgehead atoms. The zero-order valence-electron chi connectivity index (χ0n) is 11.6. The van der Waals surface area contributed by atoms with Crippen LogP contribution in [0.15, 0.2) is 30.3 Å². The van der Waals surface area contributed by atoms with E-state index in [9.17, 15) is 9.90 Å². The summed E-state index contributed by atoms with van der Waals surface area (Å²) >= 11 is 0. The van der Waals surface area contributed by atoms with Gasteiger partial charge in [0.15, 0.2) is 0 Å². The maximum Gasteiger partial charge on any atom is 0.274 e. The van der Waals surface area contributed by atoms with Crippen molar-refractivity contribution in [2.24, 2.45) is 0 Å². The molecule has 1 heterocycles. The molecule has 1 amide bonds. The molecule has 0 saturated carbocycles. The van der Waals surface area contributed by atoms with E-state index in [1.807, 2.05) is 6.07 Å². The minimum atomic E-state index is -0.579. The van der Waals surface area contributed by atoms with Gasteiger partial charge in [-0.25, -0.2) is 5.48 Å². The smallest absolute Gasteiger partial charge is 0.274 e. The fourth-order valence-electron chi connectivity index (χ4n) is 2.34. The molecule has 2 N–H and O–H groups in total. The number of hydrogen-bond acceptors (Lipinski definition) is 4. The number of β-amino-alcohol motifs (C(OH)–C–C–N with tert-alkyl or cyclic N) is 1. The number of likely N-dealkylation sites (tertiary alicyclic amines) is 1. The zero-order chi connectivity index (χ0) is 14.2. The summed E-state index contributed by atoms with van der Waals surface area (Å²) in [5, 5.41) is 9.87. The molecule has 0 spiro atoms. The van der Waals surface area contributed by atoms with Crippen LogP contribution < -0.4 is 5.48 Å². The summed E-state index contributed by atoms with van der Waals surface area (Å²) in [6.07, 6.45) is 3.08. The zero-order valence-corrected chi connectivity index (χ0v) is 11.6. The van der Waals surface area contributed by atoms with Crippen molar-refractivity contribution in [2.75, 3.05) is 26.2 Å². The monoisotopic (exact) mass is 278 g/mol. The number of benzene rings is 1. The van der Waals surface area contributed by atoms with Gasteiger partial charge in [-0.2, -0.15) is 0 Å². The lowest BCUT2D eigenvalue weighted by atomic mass is 10.1. The largest absolute Gasteiger partial charge is 0.389 e. The Morgan fingerprint density at radius 2 is 1.95 bits per heavy atom. The van der Waals surface area contributed by atoms with Crippen LogP contribution in [0.2, 0.25) is 0 Å². The van der Waals surface area contributed by atoms with Crippen molar-refractivity contribution in [3.8, 4) is 0 Å². The van der Waals surface area contributed by atoms with Crippen molar-refractivity contribution in [2.45, 2.75) is 25.4 Å². The molecular weight excluding hydrogens is 256 g/mol. The van der Waals surface area contributed by atoms with Gasteiger partial charge in [0.1, 0.15) is 6.61 Å². The highest BCUT2D eigenvalue weighted by atomic mass is 16.7. The van der Waals surface area contributed by atoms with Crippen molar-refractivity contribution < 1.29 is 14.7 Å². The van der Waals surface area contributed by atoms with E-state index in [1.54, 1.807) is 24.3 Å². The minimum Gasteiger partial charge on any atom is -0.389 e. The van der Waals surface area contributed by atoms with Crippen LogP contribution in [-0.4, -0.2) is 48.3 Å². The predicted octanol–water partition coefficient (Wildman–Crippen LogP) is 1.19. The van der Waals surface area contributed by atoms with Gasteiger partial charge in [-0.05, 0) is 38.1 Å². The van der Waals surface area contributed by atoms with E-state index in [-0.39, 0.29) is 12.5 Å². The number of carbonyl (C=O) groups is 1. The third-order valence-corrected chi connectivity index (χ3v) is 3.39. The lowest BCUT2D eigenvalue weighted by Gasteiger charge is -2.28. The first-order valence-corrected chi connectivity index (χ1v) is 7.13. The Kier molecular flexibility index (Phi) is 5.98. The fraction of sp³-hybridized carbons (Fsp3) is 0.533. The number of carbonyl (C=O) groups excluding carboxylic acids is 1. The highest BCUT2D eigenvalue weighted by Crippen LogP contribution is 2.08. The number of hydroxylamine groups is 1. The number of aliphatic hydroxyl groups excluding tert-OH is 1. The van der Waals surface area contributed by atoms with Crippen molar-refractivity contribution in [1.82, 2.24) is 10.4 Å². The molecule has 1 aliphatic rings. The predicted molar refractivity (Wildman–Crippen MR) is 76.2 cm³/mol. The number of rotatable bonds is 6. The maximum atomic E-state index is 11.7. The van der Waals surface area contributed by atoms with E-state index >= 15 is 0 Å². The first-order valence-electron chi connectivity index (χ1n) is 7.13. The van der Waals surface area contributed by atoms with Gasteiger partial charge in [0.25, 0.3) is 5.91 Å². The molecule has 5 nitrogen and oxygen atoms in total. The topological polar surface area (TPSA) is 61.8 Å². The quantitative estimate of drug-likeness (QED) is 0.768. The van der Waals surface area contributed by atoms with Gasteiger partial charge in [-0.3, -0.25) is 9.63 Å². The van der Waals surface area contributed by atoms with Gasteiger partial charge in [0, 0.05) is 12.1 Å². The Morgan fingerprint density at radius 3 is 2.65 bits per heavy atom. The fourth-order valence-corrected chi connectivity index (χ4v) is 2.34. The lowest BCUT2D eigenvalue weighted by molar-refractivity contribution is -0.0242.